The molecule has 0 saturated carbocycles. The number of hydrogen-bond acceptors (Lipinski definition) is 4. The van der Waals surface area contributed by atoms with Crippen molar-refractivity contribution in [1.82, 2.24) is 10.6 Å². The summed E-state index contributed by atoms with van der Waals surface area (Å²) in [4.78, 5) is 16.3. The Morgan fingerprint density at radius 3 is 2.57 bits per heavy atom. The highest BCUT2D eigenvalue weighted by Gasteiger charge is 2.09. The van der Waals surface area contributed by atoms with Crippen molar-refractivity contribution in [2.45, 2.75) is 52.6 Å². The van der Waals surface area contributed by atoms with Crippen LogP contribution < -0.4 is 16.0 Å². The number of nitrogens with one attached hydrogen (secondary N) is 3. The lowest BCUT2D eigenvalue weighted by atomic mass is 10.2. The second-order valence-corrected chi connectivity index (χ2v) is 8.92. The minimum atomic E-state index is -2.98. The summed E-state index contributed by atoms with van der Waals surface area (Å²) in [5.41, 5.74) is 1.74. The van der Waals surface area contributed by atoms with Gasteiger partial charge in [-0.15, -0.1) is 24.0 Å². The zero-order chi connectivity index (χ0) is 20.3. The van der Waals surface area contributed by atoms with E-state index >= 15 is 0 Å². The van der Waals surface area contributed by atoms with Gasteiger partial charge in [0.1, 0.15) is 9.84 Å². The van der Waals surface area contributed by atoms with E-state index in [0.29, 0.717) is 31.9 Å². The van der Waals surface area contributed by atoms with Gasteiger partial charge in [-0.25, -0.2) is 13.4 Å². The van der Waals surface area contributed by atoms with Gasteiger partial charge >= 0.3 is 0 Å². The summed E-state index contributed by atoms with van der Waals surface area (Å²) in [5.74, 6) is 0.784. The number of halogens is 1. The van der Waals surface area contributed by atoms with E-state index in [9.17, 15) is 13.2 Å². The maximum Gasteiger partial charge on any atom is 0.224 e. The molecule has 1 aromatic rings. The molecule has 0 aromatic heterocycles. The third kappa shape index (κ3) is 12.2. The van der Waals surface area contributed by atoms with E-state index in [1.165, 1.54) is 6.26 Å². The summed E-state index contributed by atoms with van der Waals surface area (Å²) in [5, 5.41) is 9.28. The molecule has 0 spiro atoms. The largest absolute Gasteiger partial charge is 0.357 e. The van der Waals surface area contributed by atoms with Crippen molar-refractivity contribution in [2.24, 2.45) is 4.99 Å². The van der Waals surface area contributed by atoms with Gasteiger partial charge in [-0.2, -0.15) is 0 Å². The molecule has 0 aliphatic rings. The predicted molar refractivity (Wildman–Crippen MR) is 127 cm³/mol. The first-order valence-electron chi connectivity index (χ1n) is 9.34. The molecule has 0 heterocycles. The summed E-state index contributed by atoms with van der Waals surface area (Å²) in [6.07, 6.45) is 3.07. The highest BCUT2D eigenvalue weighted by molar-refractivity contribution is 14.0. The van der Waals surface area contributed by atoms with Gasteiger partial charge in [-0.1, -0.05) is 19.1 Å². The Bertz CT molecular complexity index is 738. The van der Waals surface area contributed by atoms with Crippen LogP contribution in [0.25, 0.3) is 0 Å². The third-order valence-corrected chi connectivity index (χ3v) is 4.73. The van der Waals surface area contributed by atoms with Crippen LogP contribution in [0, 0.1) is 0 Å². The fraction of sp³-hybridized carbons (Fsp3) is 0.579. The summed E-state index contributed by atoms with van der Waals surface area (Å²) < 4.78 is 22.6. The van der Waals surface area contributed by atoms with Gasteiger partial charge in [0.2, 0.25) is 5.91 Å². The first-order chi connectivity index (χ1) is 12.7. The second kappa shape index (κ2) is 13.8. The van der Waals surface area contributed by atoms with Gasteiger partial charge in [0, 0.05) is 31.0 Å². The molecular formula is C19H33IN4O3S. The number of benzene rings is 1. The van der Waals surface area contributed by atoms with Crippen molar-refractivity contribution in [3.05, 3.63) is 29.8 Å². The molecule has 1 atom stereocenters. The molecule has 0 fully saturated rings. The van der Waals surface area contributed by atoms with E-state index in [4.69, 9.17) is 0 Å². The first kappa shape index (κ1) is 26.6. The maximum atomic E-state index is 11.7. The van der Waals surface area contributed by atoms with Crippen molar-refractivity contribution >= 4 is 51.4 Å². The number of nitrogens with zero attached hydrogens (tertiary/aromatic N) is 1. The van der Waals surface area contributed by atoms with Crippen LogP contribution in [0.3, 0.4) is 0 Å². The molecule has 1 rings (SSSR count). The second-order valence-electron chi connectivity index (χ2n) is 6.66. The van der Waals surface area contributed by atoms with Crippen LogP contribution in [0.1, 0.15) is 45.6 Å². The number of guanidine groups is 1. The lowest BCUT2D eigenvalue weighted by Gasteiger charge is -2.17. The molecule has 0 aliphatic heterocycles. The van der Waals surface area contributed by atoms with Crippen molar-refractivity contribution in [3.8, 4) is 0 Å². The van der Waals surface area contributed by atoms with Crippen LogP contribution >= 0.6 is 24.0 Å². The Morgan fingerprint density at radius 2 is 1.96 bits per heavy atom. The highest BCUT2D eigenvalue weighted by Crippen LogP contribution is 2.12. The van der Waals surface area contributed by atoms with Crippen molar-refractivity contribution in [2.75, 3.05) is 23.9 Å². The van der Waals surface area contributed by atoms with Gasteiger partial charge < -0.3 is 16.0 Å². The Morgan fingerprint density at radius 1 is 1.25 bits per heavy atom. The summed E-state index contributed by atoms with van der Waals surface area (Å²) in [7, 11) is -2.98. The van der Waals surface area contributed by atoms with Gasteiger partial charge in [0.05, 0.1) is 12.3 Å². The number of hydrogen-bond donors (Lipinski definition) is 3. The lowest BCUT2D eigenvalue weighted by Crippen LogP contribution is -2.42. The normalized spacial score (nSPS) is 12.6. The number of carbonyl (C=O) groups excluding carboxylic acids is 1. The van der Waals surface area contributed by atoms with Crippen LogP contribution in [0.4, 0.5) is 5.69 Å². The van der Waals surface area contributed by atoms with Gasteiger partial charge in [-0.3, -0.25) is 4.79 Å². The molecule has 1 amide bonds. The Labute approximate surface area is 186 Å². The molecule has 7 nitrogen and oxygen atoms in total. The Balaban J connectivity index is 0.00000729. The molecule has 9 heteroatoms. The van der Waals surface area contributed by atoms with E-state index in [1.807, 2.05) is 45.0 Å². The number of aliphatic imine (C=N–C) groups is 1. The van der Waals surface area contributed by atoms with Crippen molar-refractivity contribution in [1.29, 1.82) is 0 Å². The zero-order valence-corrected chi connectivity index (χ0v) is 20.3. The van der Waals surface area contributed by atoms with Crippen LogP contribution in [-0.2, 0) is 21.2 Å². The van der Waals surface area contributed by atoms with Crippen molar-refractivity contribution in [3.63, 3.8) is 0 Å². The Hall–Kier alpha value is -1.36. The SMILES string of the molecule is CCCC(=O)Nc1cccc(CN=C(NCC)NC(C)CCS(C)(=O)=O)c1.I. The average Bonchev–Trinajstić information content (AvgIpc) is 2.58. The Kier molecular flexibility index (Phi) is 13.1. The van der Waals surface area contributed by atoms with Crippen molar-refractivity contribution < 1.29 is 13.2 Å². The van der Waals surface area contributed by atoms with E-state index in [0.717, 1.165) is 17.7 Å². The standard InChI is InChI=1S/C19H32N4O3S.HI/c1-5-8-18(24)23-17-10-7-9-16(13-17)14-21-19(20-6-2)22-15(3)11-12-27(4,25)26;/h7,9-10,13,15H,5-6,8,11-12,14H2,1-4H3,(H,23,24)(H2,20,21,22);1H. The molecule has 0 bridgehead atoms. The molecule has 1 unspecified atom stereocenters. The topological polar surface area (TPSA) is 99.7 Å². The number of rotatable bonds is 10. The molecule has 28 heavy (non-hydrogen) atoms. The number of carbonyl (C=O) groups is 1. The quantitative estimate of drug-likeness (QED) is 0.248. The first-order valence-corrected chi connectivity index (χ1v) is 11.4. The minimum absolute atomic E-state index is 0. The molecule has 160 valence electrons. The summed E-state index contributed by atoms with van der Waals surface area (Å²) >= 11 is 0. The number of anilines is 1. The summed E-state index contributed by atoms with van der Waals surface area (Å²) in [6, 6.07) is 7.60. The molecule has 3 N–H and O–H groups in total. The zero-order valence-electron chi connectivity index (χ0n) is 17.1. The third-order valence-electron chi connectivity index (χ3n) is 3.76. The number of sulfone groups is 1. The van der Waals surface area contributed by atoms with Crippen LogP contribution in [0.2, 0.25) is 0 Å². The average molecular weight is 524 g/mol. The maximum absolute atomic E-state index is 11.7. The summed E-state index contributed by atoms with van der Waals surface area (Å²) in [6.45, 7) is 7.03. The molecule has 0 saturated heterocycles. The van der Waals surface area contributed by atoms with Crippen LogP contribution in [0.5, 0.6) is 0 Å². The molecule has 1 aromatic carbocycles. The number of amides is 1. The predicted octanol–water partition coefficient (Wildman–Crippen LogP) is 2.92. The van der Waals surface area contributed by atoms with E-state index in [2.05, 4.69) is 20.9 Å². The fourth-order valence-electron chi connectivity index (χ4n) is 2.38. The monoisotopic (exact) mass is 524 g/mol. The smallest absolute Gasteiger partial charge is 0.224 e. The van der Waals surface area contributed by atoms with E-state index in [-0.39, 0.29) is 41.7 Å². The molecule has 0 radical (unpaired) electrons. The van der Waals surface area contributed by atoms with Crippen LogP contribution in [-0.4, -0.2) is 44.9 Å². The van der Waals surface area contributed by atoms with Gasteiger partial charge in [0.25, 0.3) is 0 Å². The highest BCUT2D eigenvalue weighted by atomic mass is 127. The lowest BCUT2D eigenvalue weighted by molar-refractivity contribution is -0.116. The van der Waals surface area contributed by atoms with Crippen LogP contribution in [0.15, 0.2) is 29.3 Å². The minimum Gasteiger partial charge on any atom is -0.357 e. The van der Waals surface area contributed by atoms with E-state index < -0.39 is 9.84 Å². The van der Waals surface area contributed by atoms with Gasteiger partial charge in [0.15, 0.2) is 5.96 Å². The van der Waals surface area contributed by atoms with E-state index in [1.54, 1.807) is 0 Å². The fourth-order valence-corrected chi connectivity index (χ4v) is 3.17. The molecular weight excluding hydrogens is 491 g/mol. The van der Waals surface area contributed by atoms with Gasteiger partial charge in [-0.05, 0) is 44.4 Å². The molecule has 0 aliphatic carbocycles.